The van der Waals surface area contributed by atoms with Crippen LogP contribution in [0.3, 0.4) is 0 Å². The van der Waals surface area contributed by atoms with Crippen molar-refractivity contribution in [3.8, 4) is 0 Å². The van der Waals surface area contributed by atoms with Gasteiger partial charge in [0.15, 0.2) is 0 Å². The van der Waals surface area contributed by atoms with Crippen molar-refractivity contribution in [3.05, 3.63) is 75.3 Å². The van der Waals surface area contributed by atoms with E-state index in [9.17, 15) is 19.7 Å². The summed E-state index contributed by atoms with van der Waals surface area (Å²) in [6.07, 6.45) is 0. The van der Waals surface area contributed by atoms with Gasteiger partial charge in [0, 0.05) is 30.0 Å². The lowest BCUT2D eigenvalue weighted by atomic mass is 10.1. The van der Waals surface area contributed by atoms with Crippen LogP contribution < -0.4 is 5.32 Å². The zero-order chi connectivity index (χ0) is 23.9. The molecule has 0 aliphatic carbocycles. The molecule has 0 unspecified atom stereocenters. The number of nitrogens with one attached hydrogen (secondary N) is 1. The number of hydrogen-bond acceptors (Lipinski definition) is 5. The molecule has 0 fully saturated rings. The van der Waals surface area contributed by atoms with Crippen molar-refractivity contribution >= 4 is 29.3 Å². The van der Waals surface area contributed by atoms with Crippen molar-refractivity contribution in [2.75, 3.05) is 5.75 Å². The molecule has 8 heteroatoms. The average Bonchev–Trinajstić information content (AvgIpc) is 2.71. The van der Waals surface area contributed by atoms with Gasteiger partial charge in [-0.05, 0) is 51.3 Å². The van der Waals surface area contributed by atoms with Gasteiger partial charge in [-0.2, -0.15) is 0 Å². The molecule has 2 aromatic carbocycles. The Morgan fingerprint density at radius 1 is 1.12 bits per heavy atom. The Hall–Kier alpha value is -2.87. The summed E-state index contributed by atoms with van der Waals surface area (Å²) in [6.45, 7) is 9.81. The second-order valence-corrected chi connectivity index (χ2v) is 9.77. The maximum atomic E-state index is 13.1. The Morgan fingerprint density at radius 2 is 1.75 bits per heavy atom. The van der Waals surface area contributed by atoms with Crippen LogP contribution in [0.15, 0.2) is 48.5 Å². The number of benzene rings is 2. The van der Waals surface area contributed by atoms with Crippen molar-refractivity contribution in [1.82, 2.24) is 10.2 Å². The first-order valence-electron chi connectivity index (χ1n) is 10.4. The molecule has 2 amide bonds. The van der Waals surface area contributed by atoms with Gasteiger partial charge in [0.2, 0.25) is 11.8 Å². The number of non-ortho nitro benzene ring substituents is 1. The highest BCUT2D eigenvalue weighted by molar-refractivity contribution is 7.99. The SMILES string of the molecule is Cc1ccccc1CN(C(=O)CSCc1ccc([N+](=O)[O-])cc1)[C@H](C)C(=O)NC(C)(C)C. The first-order valence-corrected chi connectivity index (χ1v) is 11.6. The highest BCUT2D eigenvalue weighted by Crippen LogP contribution is 2.19. The normalized spacial score (nSPS) is 12.2. The molecule has 1 N–H and O–H groups in total. The Labute approximate surface area is 193 Å². The number of carbonyl (C=O) groups is 2. The summed E-state index contributed by atoms with van der Waals surface area (Å²) >= 11 is 1.42. The lowest BCUT2D eigenvalue weighted by Crippen LogP contribution is -2.52. The molecule has 0 radical (unpaired) electrons. The minimum atomic E-state index is -0.624. The van der Waals surface area contributed by atoms with Gasteiger partial charge in [-0.3, -0.25) is 19.7 Å². The number of hydrogen-bond donors (Lipinski definition) is 1. The minimum Gasteiger partial charge on any atom is -0.350 e. The van der Waals surface area contributed by atoms with Crippen molar-refractivity contribution in [2.45, 2.75) is 58.5 Å². The van der Waals surface area contributed by atoms with E-state index in [0.717, 1.165) is 16.7 Å². The average molecular weight is 458 g/mol. The van der Waals surface area contributed by atoms with Gasteiger partial charge in [-0.1, -0.05) is 36.4 Å². The molecule has 0 saturated carbocycles. The van der Waals surface area contributed by atoms with Gasteiger partial charge >= 0.3 is 0 Å². The fourth-order valence-electron chi connectivity index (χ4n) is 3.08. The summed E-state index contributed by atoms with van der Waals surface area (Å²) in [6, 6.07) is 13.5. The number of carbonyl (C=O) groups excluding carboxylic acids is 2. The first-order chi connectivity index (χ1) is 15.0. The van der Waals surface area contributed by atoms with Gasteiger partial charge < -0.3 is 10.2 Å². The van der Waals surface area contributed by atoms with E-state index in [1.807, 2.05) is 52.0 Å². The third-order valence-electron chi connectivity index (χ3n) is 4.91. The zero-order valence-electron chi connectivity index (χ0n) is 19.3. The third kappa shape index (κ3) is 7.67. The first kappa shape index (κ1) is 25.4. The maximum absolute atomic E-state index is 13.1. The molecule has 32 heavy (non-hydrogen) atoms. The highest BCUT2D eigenvalue weighted by Gasteiger charge is 2.28. The Bertz CT molecular complexity index is 954. The van der Waals surface area contributed by atoms with Crippen molar-refractivity contribution in [2.24, 2.45) is 0 Å². The smallest absolute Gasteiger partial charge is 0.269 e. The molecule has 0 heterocycles. The molecular formula is C24H31N3O4S. The molecule has 0 spiro atoms. The number of aryl methyl sites for hydroxylation is 1. The zero-order valence-corrected chi connectivity index (χ0v) is 20.1. The molecule has 1 atom stereocenters. The van der Waals surface area contributed by atoms with E-state index in [-0.39, 0.29) is 23.3 Å². The van der Waals surface area contributed by atoms with E-state index in [2.05, 4.69) is 5.32 Å². The molecule has 0 aromatic heterocycles. The van der Waals surface area contributed by atoms with E-state index in [1.165, 1.54) is 23.9 Å². The molecule has 7 nitrogen and oxygen atoms in total. The molecular weight excluding hydrogens is 426 g/mol. The number of amides is 2. The van der Waals surface area contributed by atoms with Crippen molar-refractivity contribution < 1.29 is 14.5 Å². The predicted molar refractivity (Wildman–Crippen MR) is 128 cm³/mol. The summed E-state index contributed by atoms with van der Waals surface area (Å²) in [5.74, 6) is 0.428. The van der Waals surface area contributed by atoms with Crippen LogP contribution in [0.4, 0.5) is 5.69 Å². The van der Waals surface area contributed by atoms with Gasteiger partial charge in [-0.25, -0.2) is 0 Å². The summed E-state index contributed by atoms with van der Waals surface area (Å²) in [5, 5.41) is 13.7. The summed E-state index contributed by atoms with van der Waals surface area (Å²) in [4.78, 5) is 37.9. The van der Waals surface area contributed by atoms with Crippen molar-refractivity contribution in [3.63, 3.8) is 0 Å². The molecule has 2 aromatic rings. The monoisotopic (exact) mass is 457 g/mol. The van der Waals surface area contributed by atoms with Gasteiger partial charge in [-0.15, -0.1) is 11.8 Å². The third-order valence-corrected chi connectivity index (χ3v) is 5.90. The number of nitro groups is 1. The van der Waals surface area contributed by atoms with E-state index in [1.54, 1.807) is 24.0 Å². The van der Waals surface area contributed by atoms with Crippen LogP contribution in [0.25, 0.3) is 0 Å². The lowest BCUT2D eigenvalue weighted by molar-refractivity contribution is -0.384. The molecule has 0 aliphatic heterocycles. The van der Waals surface area contributed by atoms with Gasteiger partial charge in [0.25, 0.3) is 5.69 Å². The van der Waals surface area contributed by atoms with Crippen LogP contribution in [0.2, 0.25) is 0 Å². The van der Waals surface area contributed by atoms with Gasteiger partial charge in [0.05, 0.1) is 10.7 Å². The highest BCUT2D eigenvalue weighted by atomic mass is 32.2. The van der Waals surface area contributed by atoms with Crippen LogP contribution in [0.5, 0.6) is 0 Å². The second kappa shape index (κ2) is 11.1. The molecule has 0 saturated heterocycles. The van der Waals surface area contributed by atoms with Crippen LogP contribution in [-0.2, 0) is 21.9 Å². The predicted octanol–water partition coefficient (Wildman–Crippen LogP) is 4.47. The standard InChI is InChI=1S/C24H31N3O4S/c1-17-8-6-7-9-20(17)14-26(18(2)23(29)25-24(3,4)5)22(28)16-32-15-19-10-12-21(13-11-19)27(30)31/h6-13,18H,14-16H2,1-5H3,(H,25,29)/t18-/m1/s1. The summed E-state index contributed by atoms with van der Waals surface area (Å²) in [5.41, 5.74) is 2.60. The Balaban J connectivity index is 2.09. The number of thioether (sulfide) groups is 1. The fourth-order valence-corrected chi connectivity index (χ4v) is 3.95. The maximum Gasteiger partial charge on any atom is 0.269 e. The lowest BCUT2D eigenvalue weighted by Gasteiger charge is -2.31. The van der Waals surface area contributed by atoms with Crippen LogP contribution in [0.1, 0.15) is 44.4 Å². The molecule has 0 aliphatic rings. The van der Waals surface area contributed by atoms with E-state index >= 15 is 0 Å². The van der Waals surface area contributed by atoms with E-state index in [4.69, 9.17) is 0 Å². The molecule has 0 bridgehead atoms. The number of nitrogens with zero attached hydrogens (tertiary/aromatic N) is 2. The van der Waals surface area contributed by atoms with Crippen LogP contribution in [0, 0.1) is 17.0 Å². The van der Waals surface area contributed by atoms with Crippen LogP contribution >= 0.6 is 11.8 Å². The largest absolute Gasteiger partial charge is 0.350 e. The summed E-state index contributed by atoms with van der Waals surface area (Å²) in [7, 11) is 0. The summed E-state index contributed by atoms with van der Waals surface area (Å²) < 4.78 is 0. The van der Waals surface area contributed by atoms with E-state index in [0.29, 0.717) is 12.3 Å². The van der Waals surface area contributed by atoms with Gasteiger partial charge in [0.1, 0.15) is 6.04 Å². The van der Waals surface area contributed by atoms with Crippen LogP contribution in [-0.4, -0.2) is 39.0 Å². The quantitative estimate of drug-likeness (QED) is 0.443. The van der Waals surface area contributed by atoms with E-state index < -0.39 is 16.5 Å². The number of nitro benzene ring substituents is 1. The fraction of sp³-hybridized carbons (Fsp3) is 0.417. The number of rotatable bonds is 9. The van der Waals surface area contributed by atoms with Crippen molar-refractivity contribution in [1.29, 1.82) is 0 Å². The topological polar surface area (TPSA) is 92.6 Å². The molecule has 172 valence electrons. The minimum absolute atomic E-state index is 0.0397. The Kier molecular flexibility index (Phi) is 8.83. The second-order valence-electron chi connectivity index (χ2n) is 8.78. The Morgan fingerprint density at radius 3 is 2.31 bits per heavy atom. The molecule has 2 rings (SSSR count).